The van der Waals surface area contributed by atoms with Gasteiger partial charge in [0.05, 0.1) is 22.6 Å². The molecule has 0 aliphatic carbocycles. The monoisotopic (exact) mass is 363 g/mol. The van der Waals surface area contributed by atoms with Crippen molar-refractivity contribution >= 4 is 45.1 Å². The van der Waals surface area contributed by atoms with Crippen LogP contribution in [0.2, 0.25) is 0 Å². The summed E-state index contributed by atoms with van der Waals surface area (Å²) < 4.78 is 1.13. The number of likely N-dealkylation sites (N-methyl/N-ethyl adjacent to an activating group) is 1. The molecule has 1 aromatic carbocycles. The van der Waals surface area contributed by atoms with Crippen LogP contribution < -0.4 is 0 Å². The highest BCUT2D eigenvalue weighted by molar-refractivity contribution is 7.99. The van der Waals surface area contributed by atoms with Crippen LogP contribution >= 0.6 is 23.1 Å². The zero-order valence-corrected chi connectivity index (χ0v) is 15.5. The molecule has 3 rings (SSSR count). The van der Waals surface area contributed by atoms with E-state index in [1.54, 1.807) is 39.9 Å². The smallest absolute Gasteiger partial charge is 0.246 e. The zero-order valence-electron chi connectivity index (χ0n) is 13.9. The van der Waals surface area contributed by atoms with Gasteiger partial charge in [-0.3, -0.25) is 9.59 Å². The molecule has 2 aromatic rings. The van der Waals surface area contributed by atoms with E-state index < -0.39 is 0 Å². The molecule has 0 saturated carbocycles. The second-order valence-corrected chi connectivity index (χ2v) is 8.01. The summed E-state index contributed by atoms with van der Waals surface area (Å²) in [5.74, 6) is 1.38. The van der Waals surface area contributed by atoms with Crippen molar-refractivity contribution in [2.24, 2.45) is 0 Å². The number of fused-ring (bicyclic) bond motifs is 1. The number of thioether (sulfide) groups is 1. The fourth-order valence-electron chi connectivity index (χ4n) is 2.77. The topological polar surface area (TPSA) is 53.5 Å². The molecule has 1 saturated heterocycles. The Morgan fingerprint density at radius 2 is 2.17 bits per heavy atom. The summed E-state index contributed by atoms with van der Waals surface area (Å²) in [7, 11) is 1.79. The fourth-order valence-corrected chi connectivity index (χ4v) is 4.97. The highest BCUT2D eigenvalue weighted by atomic mass is 32.2. The number of aromatic nitrogens is 1. The Morgan fingerprint density at radius 1 is 1.38 bits per heavy atom. The van der Waals surface area contributed by atoms with Gasteiger partial charge in [-0.05, 0) is 18.6 Å². The maximum Gasteiger partial charge on any atom is 0.246 e. The van der Waals surface area contributed by atoms with Crippen molar-refractivity contribution in [3.8, 4) is 0 Å². The van der Waals surface area contributed by atoms with Crippen LogP contribution in [-0.2, 0) is 16.1 Å². The van der Waals surface area contributed by atoms with Gasteiger partial charge < -0.3 is 9.80 Å². The number of hydrogen-bond acceptors (Lipinski definition) is 5. The number of benzene rings is 1. The van der Waals surface area contributed by atoms with E-state index >= 15 is 0 Å². The van der Waals surface area contributed by atoms with Crippen molar-refractivity contribution in [2.45, 2.75) is 32.4 Å². The predicted molar refractivity (Wildman–Crippen MR) is 99.0 cm³/mol. The van der Waals surface area contributed by atoms with E-state index in [2.05, 4.69) is 4.98 Å². The molecule has 24 heavy (non-hydrogen) atoms. The predicted octanol–water partition coefficient (Wildman–Crippen LogP) is 2.96. The SMILES string of the molecule is CCCC(=O)N1CSC[C@@H]1C(=O)N(C)Cc1nc2ccccc2s1. The van der Waals surface area contributed by atoms with Crippen molar-refractivity contribution in [3.05, 3.63) is 29.3 Å². The lowest BCUT2D eigenvalue weighted by atomic mass is 10.2. The molecule has 1 atom stereocenters. The standard InChI is InChI=1S/C17H21N3O2S2/c1-3-6-16(21)20-11-23-10-13(20)17(22)19(2)9-15-18-12-7-4-5-8-14(12)24-15/h4-5,7-8,13H,3,6,9-11H2,1-2H3/t13-/m1/s1. The van der Waals surface area contributed by atoms with Crippen molar-refractivity contribution < 1.29 is 9.59 Å². The molecule has 1 aromatic heterocycles. The van der Waals surface area contributed by atoms with E-state index in [0.717, 1.165) is 21.6 Å². The van der Waals surface area contributed by atoms with Gasteiger partial charge in [0, 0.05) is 19.2 Å². The second kappa shape index (κ2) is 7.53. The summed E-state index contributed by atoms with van der Waals surface area (Å²) in [6.07, 6.45) is 1.31. The Balaban J connectivity index is 1.68. The average Bonchev–Trinajstić information content (AvgIpc) is 3.20. The van der Waals surface area contributed by atoms with Gasteiger partial charge in [0.2, 0.25) is 11.8 Å². The second-order valence-electron chi connectivity index (χ2n) is 5.90. The maximum atomic E-state index is 12.8. The third-order valence-electron chi connectivity index (χ3n) is 4.04. The molecule has 0 spiro atoms. The van der Waals surface area contributed by atoms with E-state index in [1.165, 1.54) is 0 Å². The molecular weight excluding hydrogens is 342 g/mol. The van der Waals surface area contributed by atoms with Gasteiger partial charge in [-0.1, -0.05) is 19.1 Å². The number of carbonyl (C=O) groups excluding carboxylic acids is 2. The quantitative estimate of drug-likeness (QED) is 0.820. The normalized spacial score (nSPS) is 17.4. The van der Waals surface area contributed by atoms with Crippen molar-refractivity contribution in [2.75, 3.05) is 18.7 Å². The van der Waals surface area contributed by atoms with Crippen LogP contribution in [0, 0.1) is 0 Å². The van der Waals surface area contributed by atoms with Crippen LogP contribution in [0.4, 0.5) is 0 Å². The number of amides is 2. The Bertz CT molecular complexity index is 713. The fraction of sp³-hybridized carbons (Fsp3) is 0.471. The van der Waals surface area contributed by atoms with Crippen LogP contribution in [0.1, 0.15) is 24.8 Å². The average molecular weight is 364 g/mol. The first-order valence-corrected chi connectivity index (χ1v) is 10.0. The summed E-state index contributed by atoms with van der Waals surface area (Å²) in [6.45, 7) is 2.46. The third kappa shape index (κ3) is 3.57. The molecule has 128 valence electrons. The van der Waals surface area contributed by atoms with E-state index in [1.807, 2.05) is 31.2 Å². The highest BCUT2D eigenvalue weighted by Gasteiger charge is 2.35. The first kappa shape index (κ1) is 17.2. The van der Waals surface area contributed by atoms with Gasteiger partial charge in [-0.2, -0.15) is 0 Å². The molecule has 2 amide bonds. The van der Waals surface area contributed by atoms with Crippen LogP contribution in [-0.4, -0.2) is 51.3 Å². The Morgan fingerprint density at radius 3 is 2.92 bits per heavy atom. The number of para-hydroxylation sites is 1. The largest absolute Gasteiger partial charge is 0.337 e. The molecule has 2 heterocycles. The number of hydrogen-bond donors (Lipinski definition) is 0. The number of thiazole rings is 1. The summed E-state index contributed by atoms with van der Waals surface area (Å²) in [4.78, 5) is 33.0. The molecular formula is C17H21N3O2S2. The molecule has 0 bridgehead atoms. The van der Waals surface area contributed by atoms with E-state index in [4.69, 9.17) is 0 Å². The summed E-state index contributed by atoms with van der Waals surface area (Å²) in [6, 6.07) is 7.64. The van der Waals surface area contributed by atoms with E-state index in [-0.39, 0.29) is 17.9 Å². The molecule has 1 aliphatic heterocycles. The van der Waals surface area contributed by atoms with Crippen molar-refractivity contribution in [1.82, 2.24) is 14.8 Å². The maximum absolute atomic E-state index is 12.8. The van der Waals surface area contributed by atoms with Crippen LogP contribution in [0.25, 0.3) is 10.2 Å². The lowest BCUT2D eigenvalue weighted by Gasteiger charge is -2.27. The van der Waals surface area contributed by atoms with Gasteiger partial charge in [0.1, 0.15) is 11.0 Å². The molecule has 5 nitrogen and oxygen atoms in total. The number of rotatable bonds is 5. The third-order valence-corrected chi connectivity index (χ3v) is 6.07. The number of carbonyl (C=O) groups is 2. The van der Waals surface area contributed by atoms with Crippen molar-refractivity contribution in [1.29, 1.82) is 0 Å². The minimum Gasteiger partial charge on any atom is -0.337 e. The summed E-state index contributed by atoms with van der Waals surface area (Å²) >= 11 is 3.25. The lowest BCUT2D eigenvalue weighted by molar-refractivity contribution is -0.142. The minimum atomic E-state index is -0.339. The first-order chi connectivity index (χ1) is 11.6. The van der Waals surface area contributed by atoms with Gasteiger partial charge in [-0.15, -0.1) is 23.1 Å². The summed E-state index contributed by atoms with van der Waals surface area (Å²) in [5, 5.41) is 0.920. The summed E-state index contributed by atoms with van der Waals surface area (Å²) in [5.41, 5.74) is 0.967. The van der Waals surface area contributed by atoms with E-state index in [0.29, 0.717) is 24.6 Å². The zero-order chi connectivity index (χ0) is 17.1. The van der Waals surface area contributed by atoms with Crippen molar-refractivity contribution in [3.63, 3.8) is 0 Å². The van der Waals surface area contributed by atoms with Crippen LogP contribution in [0.3, 0.4) is 0 Å². The highest BCUT2D eigenvalue weighted by Crippen LogP contribution is 2.25. The van der Waals surface area contributed by atoms with Gasteiger partial charge in [0.15, 0.2) is 0 Å². The molecule has 0 unspecified atom stereocenters. The molecule has 0 N–H and O–H groups in total. The van der Waals surface area contributed by atoms with Gasteiger partial charge in [-0.25, -0.2) is 4.98 Å². The van der Waals surface area contributed by atoms with Crippen LogP contribution in [0.15, 0.2) is 24.3 Å². The minimum absolute atomic E-state index is 0.00343. The molecule has 1 fully saturated rings. The van der Waals surface area contributed by atoms with Gasteiger partial charge in [0.25, 0.3) is 0 Å². The molecule has 7 heteroatoms. The molecule has 1 aliphatic rings. The first-order valence-electron chi connectivity index (χ1n) is 8.06. The van der Waals surface area contributed by atoms with Crippen LogP contribution in [0.5, 0.6) is 0 Å². The van der Waals surface area contributed by atoms with E-state index in [9.17, 15) is 9.59 Å². The Kier molecular flexibility index (Phi) is 5.40. The Labute approximate surface area is 150 Å². The molecule has 0 radical (unpaired) electrons. The lowest BCUT2D eigenvalue weighted by Crippen LogP contribution is -2.47. The van der Waals surface area contributed by atoms with Gasteiger partial charge >= 0.3 is 0 Å². The number of nitrogens with zero attached hydrogens (tertiary/aromatic N) is 3. The Hall–Kier alpha value is -1.60.